The lowest BCUT2D eigenvalue weighted by Crippen LogP contribution is -2.39. The molecule has 0 bridgehead atoms. The van der Waals surface area contributed by atoms with Gasteiger partial charge >= 0.3 is 12.2 Å². The Hall–Kier alpha value is -2.66. The maximum absolute atomic E-state index is 13.0. The standard InChI is InChI=1S/C17H13F3N4O2S2/c18-17(19,20)15-22-12-6-2-1-5-11(12)14(24-15)28-9-13(25)23-16(26)21-8-10-4-3-7-27-10/h1-7H,8-9H2,(H2,21,23,25,26). The van der Waals surface area contributed by atoms with Gasteiger partial charge in [-0.3, -0.25) is 10.1 Å². The number of imide groups is 1. The number of nitrogens with one attached hydrogen (secondary N) is 2. The third kappa shape index (κ3) is 5.20. The van der Waals surface area contributed by atoms with E-state index in [-0.39, 0.29) is 22.8 Å². The Morgan fingerprint density at radius 2 is 1.89 bits per heavy atom. The van der Waals surface area contributed by atoms with E-state index < -0.39 is 23.9 Å². The predicted octanol–water partition coefficient (Wildman–Crippen LogP) is 3.83. The van der Waals surface area contributed by atoms with Crippen molar-refractivity contribution in [2.24, 2.45) is 0 Å². The van der Waals surface area contributed by atoms with Gasteiger partial charge in [-0.1, -0.05) is 36.0 Å². The van der Waals surface area contributed by atoms with Crippen molar-refractivity contribution in [3.63, 3.8) is 0 Å². The van der Waals surface area contributed by atoms with Crippen LogP contribution in [0.2, 0.25) is 0 Å². The average molecular weight is 426 g/mol. The smallest absolute Gasteiger partial charge is 0.333 e. The number of amides is 3. The second kappa shape index (κ2) is 8.57. The van der Waals surface area contributed by atoms with Gasteiger partial charge in [0.2, 0.25) is 11.7 Å². The molecule has 3 amide bonds. The summed E-state index contributed by atoms with van der Waals surface area (Å²) in [5.74, 6) is -2.20. The van der Waals surface area contributed by atoms with E-state index in [4.69, 9.17) is 0 Å². The quantitative estimate of drug-likeness (QED) is 0.479. The van der Waals surface area contributed by atoms with Gasteiger partial charge in [0, 0.05) is 10.3 Å². The van der Waals surface area contributed by atoms with Crippen LogP contribution in [0.25, 0.3) is 10.9 Å². The van der Waals surface area contributed by atoms with Crippen LogP contribution in [-0.2, 0) is 17.5 Å². The number of benzene rings is 1. The van der Waals surface area contributed by atoms with Crippen molar-refractivity contribution in [1.29, 1.82) is 0 Å². The zero-order valence-electron chi connectivity index (χ0n) is 14.1. The zero-order valence-corrected chi connectivity index (χ0v) is 15.7. The second-order valence-corrected chi connectivity index (χ2v) is 7.46. The van der Waals surface area contributed by atoms with Gasteiger partial charge in [-0.15, -0.1) is 11.3 Å². The lowest BCUT2D eigenvalue weighted by Gasteiger charge is -2.10. The summed E-state index contributed by atoms with van der Waals surface area (Å²) in [7, 11) is 0. The highest BCUT2D eigenvalue weighted by Crippen LogP contribution is 2.31. The number of hydrogen-bond donors (Lipinski definition) is 2. The zero-order chi connectivity index (χ0) is 20.1. The van der Waals surface area contributed by atoms with Gasteiger partial charge in [0.25, 0.3) is 0 Å². The van der Waals surface area contributed by atoms with E-state index >= 15 is 0 Å². The van der Waals surface area contributed by atoms with Crippen molar-refractivity contribution >= 4 is 45.9 Å². The maximum Gasteiger partial charge on any atom is 0.451 e. The number of urea groups is 1. The summed E-state index contributed by atoms with van der Waals surface area (Å²) in [6, 6.07) is 9.21. The molecule has 11 heteroatoms. The number of thiophene rings is 1. The summed E-state index contributed by atoms with van der Waals surface area (Å²) in [6.07, 6.45) is -4.71. The molecule has 6 nitrogen and oxygen atoms in total. The lowest BCUT2D eigenvalue weighted by atomic mass is 10.2. The molecule has 3 rings (SSSR count). The monoisotopic (exact) mass is 426 g/mol. The molecule has 0 atom stereocenters. The number of carbonyl (C=O) groups excluding carboxylic acids is 2. The van der Waals surface area contributed by atoms with Crippen LogP contribution in [0.1, 0.15) is 10.7 Å². The molecule has 2 N–H and O–H groups in total. The van der Waals surface area contributed by atoms with Crippen molar-refractivity contribution in [2.75, 3.05) is 5.75 Å². The summed E-state index contributed by atoms with van der Waals surface area (Å²) in [4.78, 5) is 31.7. The largest absolute Gasteiger partial charge is 0.451 e. The number of aromatic nitrogens is 2. The Morgan fingerprint density at radius 3 is 2.61 bits per heavy atom. The highest BCUT2D eigenvalue weighted by Gasteiger charge is 2.35. The van der Waals surface area contributed by atoms with Crippen molar-refractivity contribution < 1.29 is 22.8 Å². The van der Waals surface area contributed by atoms with E-state index in [1.54, 1.807) is 18.2 Å². The average Bonchev–Trinajstić information content (AvgIpc) is 3.17. The van der Waals surface area contributed by atoms with Crippen LogP contribution in [-0.4, -0.2) is 27.7 Å². The molecule has 28 heavy (non-hydrogen) atoms. The Balaban J connectivity index is 1.64. The van der Waals surface area contributed by atoms with Crippen molar-refractivity contribution in [3.8, 4) is 0 Å². The number of thioether (sulfide) groups is 1. The fourth-order valence-corrected chi connectivity index (χ4v) is 3.67. The van der Waals surface area contributed by atoms with E-state index in [1.165, 1.54) is 17.4 Å². The molecule has 0 aliphatic carbocycles. The molecule has 0 radical (unpaired) electrons. The van der Waals surface area contributed by atoms with E-state index in [0.717, 1.165) is 16.6 Å². The second-order valence-electron chi connectivity index (χ2n) is 5.47. The minimum absolute atomic E-state index is 0.0204. The maximum atomic E-state index is 13.0. The van der Waals surface area contributed by atoms with Crippen molar-refractivity contribution in [2.45, 2.75) is 17.7 Å². The lowest BCUT2D eigenvalue weighted by molar-refractivity contribution is -0.145. The topological polar surface area (TPSA) is 84.0 Å². The summed E-state index contributed by atoms with van der Waals surface area (Å²) in [6.45, 7) is 0.273. The minimum Gasteiger partial charge on any atom is -0.333 e. The molecular formula is C17H13F3N4O2S2. The third-order valence-electron chi connectivity index (χ3n) is 3.42. The first-order chi connectivity index (χ1) is 13.3. The number of alkyl halides is 3. The van der Waals surface area contributed by atoms with Gasteiger partial charge in [-0.2, -0.15) is 13.2 Å². The number of nitrogens with zero attached hydrogens (tertiary/aromatic N) is 2. The van der Waals surface area contributed by atoms with E-state index in [2.05, 4.69) is 20.6 Å². The normalized spacial score (nSPS) is 11.4. The van der Waals surface area contributed by atoms with Crippen LogP contribution in [0.4, 0.5) is 18.0 Å². The van der Waals surface area contributed by atoms with E-state index in [1.807, 2.05) is 17.5 Å². The number of fused-ring (bicyclic) bond motifs is 1. The molecule has 0 saturated heterocycles. The van der Waals surface area contributed by atoms with Crippen molar-refractivity contribution in [1.82, 2.24) is 20.6 Å². The molecule has 2 aromatic heterocycles. The summed E-state index contributed by atoms with van der Waals surface area (Å²) >= 11 is 2.26. The number of rotatable bonds is 5. The summed E-state index contributed by atoms with van der Waals surface area (Å²) in [5, 5.41) is 6.94. The number of halogens is 3. The van der Waals surface area contributed by atoms with Gasteiger partial charge in [0.05, 0.1) is 17.8 Å². The van der Waals surface area contributed by atoms with Gasteiger partial charge in [-0.05, 0) is 17.5 Å². The number of carbonyl (C=O) groups is 2. The molecule has 0 fully saturated rings. The van der Waals surface area contributed by atoms with E-state index in [9.17, 15) is 22.8 Å². The van der Waals surface area contributed by atoms with Crippen LogP contribution in [0, 0.1) is 0 Å². The molecule has 146 valence electrons. The number of hydrogen-bond acceptors (Lipinski definition) is 6. The molecule has 1 aromatic carbocycles. The molecular weight excluding hydrogens is 413 g/mol. The van der Waals surface area contributed by atoms with Crippen LogP contribution < -0.4 is 10.6 Å². The van der Waals surface area contributed by atoms with Gasteiger partial charge in [0.1, 0.15) is 5.03 Å². The Bertz CT molecular complexity index is 994. The highest BCUT2D eigenvalue weighted by molar-refractivity contribution is 8.00. The number of para-hydroxylation sites is 1. The van der Waals surface area contributed by atoms with Crippen LogP contribution in [0.3, 0.4) is 0 Å². The van der Waals surface area contributed by atoms with Crippen LogP contribution >= 0.6 is 23.1 Å². The van der Waals surface area contributed by atoms with E-state index in [0.29, 0.717) is 5.39 Å². The molecule has 0 spiro atoms. The molecule has 2 heterocycles. The first-order valence-electron chi connectivity index (χ1n) is 7.90. The Morgan fingerprint density at radius 1 is 1.11 bits per heavy atom. The van der Waals surface area contributed by atoms with Gasteiger partial charge in [0.15, 0.2) is 0 Å². The van der Waals surface area contributed by atoms with Gasteiger partial charge < -0.3 is 5.32 Å². The third-order valence-corrected chi connectivity index (χ3v) is 5.29. The van der Waals surface area contributed by atoms with Crippen molar-refractivity contribution in [3.05, 3.63) is 52.5 Å². The first kappa shape index (κ1) is 20.1. The predicted molar refractivity (Wildman–Crippen MR) is 100.0 cm³/mol. The fraction of sp³-hybridized carbons (Fsp3) is 0.176. The minimum atomic E-state index is -4.71. The molecule has 0 unspecified atom stereocenters. The highest BCUT2D eigenvalue weighted by atomic mass is 32.2. The SMILES string of the molecule is O=C(CSc1nc(C(F)(F)F)nc2ccccc12)NC(=O)NCc1cccs1. The summed E-state index contributed by atoms with van der Waals surface area (Å²) < 4.78 is 39.0. The van der Waals surface area contributed by atoms with Crippen LogP contribution in [0.5, 0.6) is 0 Å². The molecule has 3 aromatic rings. The fourth-order valence-electron chi connectivity index (χ4n) is 2.21. The first-order valence-corrected chi connectivity index (χ1v) is 9.76. The Labute approximate surface area is 165 Å². The molecule has 0 aliphatic rings. The Kier molecular flexibility index (Phi) is 6.15. The summed E-state index contributed by atoms with van der Waals surface area (Å²) in [5.41, 5.74) is 0.126. The molecule has 0 aliphatic heterocycles. The van der Waals surface area contributed by atoms with Gasteiger partial charge in [-0.25, -0.2) is 14.8 Å². The van der Waals surface area contributed by atoms with Crippen LogP contribution in [0.15, 0.2) is 46.8 Å². The molecule has 0 saturated carbocycles.